The monoisotopic (exact) mass is 204 g/mol. The standard InChI is InChI=1S/C15H24/c1-10(2)13-7-5-11(3)14-8-6-12(4)15(14)9-13/h10,13H,5-9H2,1-4H3. The summed E-state index contributed by atoms with van der Waals surface area (Å²) < 4.78 is 0. The maximum Gasteiger partial charge on any atom is -0.0239 e. The summed E-state index contributed by atoms with van der Waals surface area (Å²) in [5.74, 6) is 1.76. The Balaban J connectivity index is 2.28. The second-order valence-electron chi connectivity index (χ2n) is 5.76. The van der Waals surface area contributed by atoms with Crippen LogP contribution >= 0.6 is 0 Å². The fraction of sp³-hybridized carbons (Fsp3) is 0.733. The van der Waals surface area contributed by atoms with Gasteiger partial charge in [-0.25, -0.2) is 0 Å². The van der Waals surface area contributed by atoms with Gasteiger partial charge in [0.25, 0.3) is 0 Å². The quantitative estimate of drug-likeness (QED) is 0.571. The number of rotatable bonds is 1. The van der Waals surface area contributed by atoms with Gasteiger partial charge in [-0.05, 0) is 68.9 Å². The van der Waals surface area contributed by atoms with Crippen molar-refractivity contribution in [3.63, 3.8) is 0 Å². The molecule has 0 N–H and O–H groups in total. The highest BCUT2D eigenvalue weighted by atomic mass is 14.3. The minimum Gasteiger partial charge on any atom is -0.0698 e. The van der Waals surface area contributed by atoms with Crippen LogP contribution in [0.2, 0.25) is 0 Å². The van der Waals surface area contributed by atoms with E-state index in [-0.39, 0.29) is 0 Å². The van der Waals surface area contributed by atoms with Gasteiger partial charge >= 0.3 is 0 Å². The first-order chi connectivity index (χ1) is 7.09. The Labute approximate surface area is 94.5 Å². The summed E-state index contributed by atoms with van der Waals surface area (Å²) in [5.41, 5.74) is 6.83. The summed E-state index contributed by atoms with van der Waals surface area (Å²) in [4.78, 5) is 0. The second-order valence-corrected chi connectivity index (χ2v) is 5.76. The van der Waals surface area contributed by atoms with E-state index in [2.05, 4.69) is 27.7 Å². The van der Waals surface area contributed by atoms with Crippen LogP contribution in [0.1, 0.15) is 59.8 Å². The third-order valence-corrected chi connectivity index (χ3v) is 4.44. The van der Waals surface area contributed by atoms with Crippen molar-refractivity contribution in [1.29, 1.82) is 0 Å². The third-order valence-electron chi connectivity index (χ3n) is 4.44. The fourth-order valence-electron chi connectivity index (χ4n) is 3.13. The van der Waals surface area contributed by atoms with Crippen LogP contribution in [0.5, 0.6) is 0 Å². The molecule has 0 aliphatic heterocycles. The lowest BCUT2D eigenvalue weighted by Gasteiger charge is -2.19. The summed E-state index contributed by atoms with van der Waals surface area (Å²) in [6.45, 7) is 9.47. The first kappa shape index (κ1) is 11.0. The van der Waals surface area contributed by atoms with Gasteiger partial charge in [0, 0.05) is 0 Å². The normalized spacial score (nSPS) is 27.4. The van der Waals surface area contributed by atoms with Crippen molar-refractivity contribution >= 4 is 0 Å². The Hall–Kier alpha value is -0.520. The number of hydrogen-bond donors (Lipinski definition) is 0. The molecule has 2 aliphatic rings. The Kier molecular flexibility index (Phi) is 3.04. The van der Waals surface area contributed by atoms with Crippen LogP contribution in [0, 0.1) is 11.8 Å². The average molecular weight is 204 g/mol. The zero-order chi connectivity index (χ0) is 11.0. The minimum absolute atomic E-state index is 0.845. The van der Waals surface area contributed by atoms with Crippen molar-refractivity contribution in [3.8, 4) is 0 Å². The van der Waals surface area contributed by atoms with Gasteiger partial charge in [-0.2, -0.15) is 0 Å². The van der Waals surface area contributed by atoms with Crippen molar-refractivity contribution in [3.05, 3.63) is 22.3 Å². The Bertz CT molecular complexity index is 315. The lowest BCUT2D eigenvalue weighted by Crippen LogP contribution is -2.08. The molecule has 0 bridgehead atoms. The Morgan fingerprint density at radius 1 is 0.933 bits per heavy atom. The number of fused-ring (bicyclic) bond motifs is 1. The van der Waals surface area contributed by atoms with Gasteiger partial charge < -0.3 is 0 Å². The molecule has 0 saturated heterocycles. The molecule has 0 aromatic heterocycles. The topological polar surface area (TPSA) is 0 Å². The Morgan fingerprint density at radius 2 is 1.60 bits per heavy atom. The van der Waals surface area contributed by atoms with Gasteiger partial charge in [0.2, 0.25) is 0 Å². The predicted molar refractivity (Wildman–Crippen MR) is 66.8 cm³/mol. The molecule has 84 valence electrons. The molecule has 0 saturated carbocycles. The highest BCUT2D eigenvalue weighted by molar-refractivity contribution is 5.44. The summed E-state index contributed by atoms with van der Waals surface area (Å²) in [6.07, 6.45) is 6.76. The lowest BCUT2D eigenvalue weighted by molar-refractivity contribution is 0.362. The van der Waals surface area contributed by atoms with Gasteiger partial charge in [0.05, 0.1) is 0 Å². The molecule has 0 heterocycles. The summed E-state index contributed by atoms with van der Waals surface area (Å²) in [5, 5.41) is 0. The van der Waals surface area contributed by atoms with Crippen molar-refractivity contribution in [2.75, 3.05) is 0 Å². The first-order valence-corrected chi connectivity index (χ1v) is 6.47. The van der Waals surface area contributed by atoms with Crippen LogP contribution in [0.4, 0.5) is 0 Å². The molecule has 15 heavy (non-hydrogen) atoms. The SMILES string of the molecule is CC1=C2CCC(C)=C2CC(C(C)C)CC1. The van der Waals surface area contributed by atoms with E-state index in [1.165, 1.54) is 32.1 Å². The van der Waals surface area contributed by atoms with Crippen LogP contribution in [0.15, 0.2) is 22.3 Å². The largest absolute Gasteiger partial charge is 0.0698 e. The molecular weight excluding hydrogens is 180 g/mol. The van der Waals surface area contributed by atoms with E-state index in [1.807, 2.05) is 0 Å². The van der Waals surface area contributed by atoms with E-state index >= 15 is 0 Å². The van der Waals surface area contributed by atoms with Crippen molar-refractivity contribution in [2.45, 2.75) is 59.8 Å². The smallest absolute Gasteiger partial charge is 0.0239 e. The third kappa shape index (κ3) is 2.04. The van der Waals surface area contributed by atoms with E-state index in [4.69, 9.17) is 0 Å². The second kappa shape index (κ2) is 4.15. The molecule has 0 heteroatoms. The fourth-order valence-corrected chi connectivity index (χ4v) is 3.13. The van der Waals surface area contributed by atoms with Crippen LogP contribution in [-0.2, 0) is 0 Å². The highest BCUT2D eigenvalue weighted by Crippen LogP contribution is 2.43. The lowest BCUT2D eigenvalue weighted by atomic mass is 9.86. The molecule has 0 aromatic rings. The predicted octanol–water partition coefficient (Wildman–Crippen LogP) is 4.87. The van der Waals surface area contributed by atoms with Crippen molar-refractivity contribution < 1.29 is 0 Å². The molecular formula is C15H24. The molecule has 0 aromatic carbocycles. The highest BCUT2D eigenvalue weighted by Gasteiger charge is 2.26. The summed E-state index contributed by atoms with van der Waals surface area (Å²) in [7, 11) is 0. The molecule has 1 unspecified atom stereocenters. The molecule has 2 aliphatic carbocycles. The molecule has 1 atom stereocenters. The van der Waals surface area contributed by atoms with Crippen molar-refractivity contribution in [1.82, 2.24) is 0 Å². The summed E-state index contributed by atoms with van der Waals surface area (Å²) in [6, 6.07) is 0. The maximum absolute atomic E-state index is 2.38. The van der Waals surface area contributed by atoms with Gasteiger partial charge in [0.1, 0.15) is 0 Å². The van der Waals surface area contributed by atoms with Gasteiger partial charge in [-0.1, -0.05) is 25.0 Å². The maximum atomic E-state index is 2.38. The molecule has 0 nitrogen and oxygen atoms in total. The van der Waals surface area contributed by atoms with Gasteiger partial charge in [-0.15, -0.1) is 0 Å². The molecule has 0 spiro atoms. The number of allylic oxidation sites excluding steroid dienone is 4. The molecule has 0 radical (unpaired) electrons. The average Bonchev–Trinajstić information content (AvgIpc) is 2.43. The molecule has 2 rings (SSSR count). The summed E-state index contributed by atoms with van der Waals surface area (Å²) >= 11 is 0. The zero-order valence-corrected chi connectivity index (χ0v) is 10.7. The van der Waals surface area contributed by atoms with E-state index in [0.717, 1.165) is 11.8 Å². The van der Waals surface area contributed by atoms with Gasteiger partial charge in [-0.3, -0.25) is 0 Å². The molecule has 0 fully saturated rings. The van der Waals surface area contributed by atoms with Gasteiger partial charge in [0.15, 0.2) is 0 Å². The number of hydrogen-bond acceptors (Lipinski definition) is 0. The van der Waals surface area contributed by atoms with E-state index < -0.39 is 0 Å². The van der Waals surface area contributed by atoms with Crippen LogP contribution in [0.3, 0.4) is 0 Å². The first-order valence-electron chi connectivity index (χ1n) is 6.47. The van der Waals surface area contributed by atoms with E-state index in [1.54, 1.807) is 22.3 Å². The zero-order valence-electron chi connectivity index (χ0n) is 10.7. The molecule has 0 amide bonds. The van der Waals surface area contributed by atoms with Crippen LogP contribution in [0.25, 0.3) is 0 Å². The van der Waals surface area contributed by atoms with Crippen molar-refractivity contribution in [2.24, 2.45) is 11.8 Å². The van der Waals surface area contributed by atoms with E-state index in [9.17, 15) is 0 Å². The Morgan fingerprint density at radius 3 is 2.27 bits per heavy atom. The van der Waals surface area contributed by atoms with Crippen LogP contribution in [-0.4, -0.2) is 0 Å². The minimum atomic E-state index is 0.845. The van der Waals surface area contributed by atoms with Crippen LogP contribution < -0.4 is 0 Å². The van der Waals surface area contributed by atoms with E-state index in [0.29, 0.717) is 0 Å².